The Hall–Kier alpha value is -1.47. The third-order valence-corrected chi connectivity index (χ3v) is 1.79. The molecule has 15 heavy (non-hydrogen) atoms. The number of nitrogens with zero attached hydrogens (tertiary/aromatic N) is 1. The summed E-state index contributed by atoms with van der Waals surface area (Å²) in [7, 11) is 1.26. The van der Waals surface area contributed by atoms with Gasteiger partial charge in [0, 0.05) is 7.05 Å². The summed E-state index contributed by atoms with van der Waals surface area (Å²) in [5.41, 5.74) is 5.10. The zero-order chi connectivity index (χ0) is 12.2. The van der Waals surface area contributed by atoms with E-state index in [1.165, 1.54) is 14.0 Å². The van der Waals surface area contributed by atoms with Crippen LogP contribution >= 0.6 is 0 Å². The quantitative estimate of drug-likeness (QED) is 0.484. The van der Waals surface area contributed by atoms with Gasteiger partial charge in [0.25, 0.3) is 0 Å². The van der Waals surface area contributed by atoms with Crippen molar-refractivity contribution >= 4 is 11.9 Å². The number of hydrogen-bond donors (Lipinski definition) is 3. The molecule has 5 nitrogen and oxygen atoms in total. The Morgan fingerprint density at radius 1 is 1.60 bits per heavy atom. The summed E-state index contributed by atoms with van der Waals surface area (Å²) >= 11 is 0. The molecule has 0 aromatic rings. The van der Waals surface area contributed by atoms with E-state index in [-0.39, 0.29) is 5.84 Å². The number of amidine groups is 1. The fraction of sp³-hybridized carbons (Fsp3) is 0.714. The molecular formula is C7H13F3N4O. The molecule has 4 N–H and O–H groups in total. The predicted octanol–water partition coefficient (Wildman–Crippen LogP) is 0.515. The second-order valence-electron chi connectivity index (χ2n) is 3.02. The van der Waals surface area contributed by atoms with E-state index in [4.69, 9.17) is 11.1 Å². The molecular weight excluding hydrogens is 213 g/mol. The average Bonchev–Trinajstić information content (AvgIpc) is 2.10. The van der Waals surface area contributed by atoms with Crippen LogP contribution in [-0.2, 0) is 0 Å². The van der Waals surface area contributed by atoms with E-state index in [0.717, 1.165) is 4.90 Å². The number of likely N-dealkylation sites (N-methyl/N-ethyl adjacent to an activating group) is 1. The van der Waals surface area contributed by atoms with Crippen LogP contribution in [0.1, 0.15) is 6.92 Å². The molecule has 0 aliphatic rings. The first-order chi connectivity index (χ1) is 6.65. The van der Waals surface area contributed by atoms with Gasteiger partial charge in [-0.25, -0.2) is 4.79 Å². The maximum atomic E-state index is 11.7. The van der Waals surface area contributed by atoms with Crippen LogP contribution < -0.4 is 11.1 Å². The van der Waals surface area contributed by atoms with Gasteiger partial charge in [0.2, 0.25) is 0 Å². The molecule has 88 valence electrons. The summed E-state index contributed by atoms with van der Waals surface area (Å²) in [4.78, 5) is 12.0. The monoisotopic (exact) mass is 226 g/mol. The molecule has 2 amide bonds. The molecule has 0 radical (unpaired) electrons. The van der Waals surface area contributed by atoms with Gasteiger partial charge >= 0.3 is 12.2 Å². The molecule has 1 atom stereocenters. The lowest BCUT2D eigenvalue weighted by Gasteiger charge is -2.24. The van der Waals surface area contributed by atoms with Crippen molar-refractivity contribution < 1.29 is 18.0 Å². The Kier molecular flexibility index (Phi) is 4.38. The molecule has 0 spiro atoms. The van der Waals surface area contributed by atoms with Gasteiger partial charge in [0.1, 0.15) is 12.4 Å². The summed E-state index contributed by atoms with van der Waals surface area (Å²) in [6, 6.07) is -1.66. The number of amides is 2. The fourth-order valence-electron chi connectivity index (χ4n) is 0.685. The van der Waals surface area contributed by atoms with Crippen LogP contribution in [0.4, 0.5) is 18.0 Å². The highest BCUT2D eigenvalue weighted by Gasteiger charge is 2.29. The third kappa shape index (κ3) is 5.08. The topological polar surface area (TPSA) is 82.2 Å². The van der Waals surface area contributed by atoms with Crippen molar-refractivity contribution in [3.63, 3.8) is 0 Å². The Morgan fingerprint density at radius 2 is 2.07 bits per heavy atom. The Labute approximate surface area is 84.9 Å². The van der Waals surface area contributed by atoms with Crippen LogP contribution in [0.15, 0.2) is 0 Å². The molecule has 8 heteroatoms. The smallest absolute Gasteiger partial charge is 0.386 e. The number of urea groups is 1. The lowest BCUT2D eigenvalue weighted by atomic mass is 10.3. The standard InChI is InChI=1S/C7H13F3N4O/c1-4(5(11)12)14(2)6(15)13-3-7(8,9)10/h4H,3H2,1-2H3,(H3,11,12)(H,13,15). The van der Waals surface area contributed by atoms with Crippen molar-refractivity contribution in [1.29, 1.82) is 5.41 Å². The molecule has 0 aromatic carbocycles. The van der Waals surface area contributed by atoms with Crippen molar-refractivity contribution in [1.82, 2.24) is 10.2 Å². The van der Waals surface area contributed by atoms with E-state index in [9.17, 15) is 18.0 Å². The van der Waals surface area contributed by atoms with E-state index in [1.807, 2.05) is 0 Å². The molecule has 0 fully saturated rings. The molecule has 0 saturated heterocycles. The second kappa shape index (κ2) is 4.85. The summed E-state index contributed by atoms with van der Waals surface area (Å²) in [5, 5.41) is 8.68. The molecule has 0 aliphatic heterocycles. The van der Waals surface area contributed by atoms with Crippen molar-refractivity contribution in [3.8, 4) is 0 Å². The normalized spacial score (nSPS) is 13.1. The molecule has 1 unspecified atom stereocenters. The van der Waals surface area contributed by atoms with Crippen molar-refractivity contribution in [3.05, 3.63) is 0 Å². The minimum absolute atomic E-state index is 0.292. The summed E-state index contributed by atoms with van der Waals surface area (Å²) < 4.78 is 35.2. The van der Waals surface area contributed by atoms with Gasteiger partial charge in [-0.05, 0) is 6.92 Å². The van der Waals surface area contributed by atoms with Gasteiger partial charge in [0.15, 0.2) is 0 Å². The van der Waals surface area contributed by atoms with Gasteiger partial charge < -0.3 is 16.0 Å². The lowest BCUT2D eigenvalue weighted by Crippen LogP contribution is -2.49. The van der Waals surface area contributed by atoms with E-state index in [2.05, 4.69) is 0 Å². The second-order valence-corrected chi connectivity index (χ2v) is 3.02. The van der Waals surface area contributed by atoms with Crippen molar-refractivity contribution in [2.75, 3.05) is 13.6 Å². The van der Waals surface area contributed by atoms with Gasteiger partial charge in [-0.3, -0.25) is 5.41 Å². The number of nitrogens with one attached hydrogen (secondary N) is 2. The average molecular weight is 226 g/mol. The van der Waals surface area contributed by atoms with Crippen LogP contribution in [0.3, 0.4) is 0 Å². The number of nitrogens with two attached hydrogens (primary N) is 1. The van der Waals surface area contributed by atoms with E-state index in [0.29, 0.717) is 0 Å². The van der Waals surface area contributed by atoms with E-state index < -0.39 is 24.8 Å². The summed E-state index contributed by atoms with van der Waals surface area (Å²) in [5.74, 6) is -0.292. The number of alkyl halides is 3. The Morgan fingerprint density at radius 3 is 2.40 bits per heavy atom. The maximum Gasteiger partial charge on any atom is 0.405 e. The SMILES string of the molecule is CC(C(=N)N)N(C)C(=O)NCC(F)(F)F. The first-order valence-electron chi connectivity index (χ1n) is 4.06. The Bertz CT molecular complexity index is 253. The number of halogens is 3. The van der Waals surface area contributed by atoms with E-state index >= 15 is 0 Å². The fourth-order valence-corrected chi connectivity index (χ4v) is 0.685. The van der Waals surface area contributed by atoms with Crippen molar-refractivity contribution in [2.45, 2.75) is 19.1 Å². The van der Waals surface area contributed by atoms with Crippen LogP contribution in [0.5, 0.6) is 0 Å². The minimum Gasteiger partial charge on any atom is -0.386 e. The maximum absolute atomic E-state index is 11.7. The minimum atomic E-state index is -4.45. The van der Waals surface area contributed by atoms with Gasteiger partial charge in [0.05, 0.1) is 6.04 Å². The largest absolute Gasteiger partial charge is 0.405 e. The first kappa shape index (κ1) is 13.5. The van der Waals surface area contributed by atoms with Crippen molar-refractivity contribution in [2.24, 2.45) is 5.73 Å². The predicted molar refractivity (Wildman–Crippen MR) is 48.6 cm³/mol. The molecule has 0 aromatic heterocycles. The van der Waals surface area contributed by atoms with Crippen LogP contribution in [0.2, 0.25) is 0 Å². The Balaban J connectivity index is 4.17. The van der Waals surface area contributed by atoms with Gasteiger partial charge in [-0.15, -0.1) is 0 Å². The highest BCUT2D eigenvalue weighted by Crippen LogP contribution is 2.12. The zero-order valence-corrected chi connectivity index (χ0v) is 8.35. The molecule has 0 heterocycles. The molecule has 0 saturated carbocycles. The number of rotatable bonds is 3. The van der Waals surface area contributed by atoms with E-state index in [1.54, 1.807) is 5.32 Å². The number of hydrogen-bond acceptors (Lipinski definition) is 2. The van der Waals surface area contributed by atoms with Crippen LogP contribution in [-0.4, -0.2) is 42.6 Å². The molecule has 0 aliphatic carbocycles. The zero-order valence-electron chi connectivity index (χ0n) is 8.35. The van der Waals surface area contributed by atoms with Crippen LogP contribution in [0.25, 0.3) is 0 Å². The first-order valence-corrected chi connectivity index (χ1v) is 4.06. The summed E-state index contributed by atoms with van der Waals surface area (Å²) in [6.07, 6.45) is -4.45. The summed E-state index contributed by atoms with van der Waals surface area (Å²) in [6.45, 7) is 0.0380. The number of carbonyl (C=O) groups excluding carboxylic acids is 1. The molecule has 0 rings (SSSR count). The van der Waals surface area contributed by atoms with Crippen LogP contribution in [0, 0.1) is 5.41 Å². The van der Waals surface area contributed by atoms with Gasteiger partial charge in [-0.2, -0.15) is 13.2 Å². The lowest BCUT2D eigenvalue weighted by molar-refractivity contribution is -0.123. The highest BCUT2D eigenvalue weighted by molar-refractivity contribution is 5.87. The molecule has 0 bridgehead atoms. The highest BCUT2D eigenvalue weighted by atomic mass is 19.4. The third-order valence-electron chi connectivity index (χ3n) is 1.79. The number of carbonyl (C=O) groups is 1. The van der Waals surface area contributed by atoms with Gasteiger partial charge in [-0.1, -0.05) is 0 Å².